The standard InChI is InChI=1S/C20H23NO6/c1-12(22)24-9-19-20-4-3-14(23-2)6-18(20)21(10-25-19)8-13-5-16-17(7-15(13)20)27-11-26-16/h3-5,7,14,18-19H,6,8-11H2,1-2H3/t14-,18-,19+,20+/m0/s1. The van der Waals surface area contributed by atoms with Gasteiger partial charge in [-0.05, 0) is 29.7 Å². The van der Waals surface area contributed by atoms with Gasteiger partial charge in [-0.3, -0.25) is 9.69 Å². The molecule has 1 aromatic carbocycles. The fraction of sp³-hybridized carbons (Fsp3) is 0.550. The first kappa shape index (κ1) is 17.0. The van der Waals surface area contributed by atoms with Crippen molar-refractivity contribution in [2.45, 2.75) is 43.6 Å². The molecule has 0 radical (unpaired) electrons. The van der Waals surface area contributed by atoms with E-state index in [1.165, 1.54) is 12.5 Å². The first-order valence-corrected chi connectivity index (χ1v) is 9.26. The lowest BCUT2D eigenvalue weighted by Crippen LogP contribution is -2.67. The maximum Gasteiger partial charge on any atom is 0.302 e. The quantitative estimate of drug-likeness (QED) is 0.590. The highest BCUT2D eigenvalue weighted by atomic mass is 16.7. The summed E-state index contributed by atoms with van der Waals surface area (Å²) in [5.41, 5.74) is 1.94. The molecular weight excluding hydrogens is 350 g/mol. The summed E-state index contributed by atoms with van der Waals surface area (Å²) in [6.45, 7) is 3.16. The molecule has 27 heavy (non-hydrogen) atoms. The van der Waals surface area contributed by atoms with Gasteiger partial charge in [-0.25, -0.2) is 0 Å². The van der Waals surface area contributed by atoms with Gasteiger partial charge in [0, 0.05) is 26.6 Å². The molecule has 5 rings (SSSR count). The third-order valence-electron chi connectivity index (χ3n) is 6.19. The number of fused-ring (bicyclic) bond motifs is 2. The number of hydrogen-bond acceptors (Lipinski definition) is 7. The zero-order valence-electron chi connectivity index (χ0n) is 15.5. The molecule has 3 aliphatic heterocycles. The number of carbonyl (C=O) groups is 1. The highest BCUT2D eigenvalue weighted by Crippen LogP contribution is 2.52. The highest BCUT2D eigenvalue weighted by molar-refractivity contribution is 5.66. The Balaban J connectivity index is 1.66. The minimum absolute atomic E-state index is 0.0636. The second-order valence-electron chi connectivity index (χ2n) is 7.51. The van der Waals surface area contributed by atoms with Crippen LogP contribution in [-0.2, 0) is 31.0 Å². The first-order chi connectivity index (χ1) is 13.1. The molecule has 1 aromatic rings. The molecule has 0 amide bonds. The predicted octanol–water partition coefficient (Wildman–Crippen LogP) is 1.73. The van der Waals surface area contributed by atoms with Gasteiger partial charge in [-0.1, -0.05) is 12.2 Å². The maximum absolute atomic E-state index is 11.5. The van der Waals surface area contributed by atoms with Crippen molar-refractivity contribution in [3.63, 3.8) is 0 Å². The van der Waals surface area contributed by atoms with Crippen LogP contribution >= 0.6 is 0 Å². The number of hydrogen-bond donors (Lipinski definition) is 0. The van der Waals surface area contributed by atoms with Crippen LogP contribution in [0.5, 0.6) is 11.5 Å². The summed E-state index contributed by atoms with van der Waals surface area (Å²) in [5.74, 6) is 1.24. The topological polar surface area (TPSA) is 66.5 Å². The van der Waals surface area contributed by atoms with Gasteiger partial charge in [0.1, 0.15) is 19.4 Å². The number of carbonyl (C=O) groups excluding carboxylic acids is 1. The Kier molecular flexibility index (Phi) is 3.93. The molecule has 1 unspecified atom stereocenters. The molecule has 0 saturated carbocycles. The molecule has 4 aliphatic rings. The number of methoxy groups -OCH3 is 1. The van der Waals surface area contributed by atoms with Gasteiger partial charge in [0.25, 0.3) is 0 Å². The van der Waals surface area contributed by atoms with Crippen molar-refractivity contribution in [2.24, 2.45) is 0 Å². The van der Waals surface area contributed by atoms with E-state index in [2.05, 4.69) is 29.2 Å². The second kappa shape index (κ2) is 6.22. The maximum atomic E-state index is 11.5. The zero-order valence-corrected chi connectivity index (χ0v) is 15.5. The molecule has 1 saturated heterocycles. The molecule has 0 spiro atoms. The van der Waals surface area contributed by atoms with Crippen molar-refractivity contribution in [3.8, 4) is 11.5 Å². The Hall–Kier alpha value is -2.09. The number of ether oxygens (including phenoxy) is 5. The van der Waals surface area contributed by atoms with Gasteiger partial charge in [-0.2, -0.15) is 0 Å². The Morgan fingerprint density at radius 3 is 2.93 bits per heavy atom. The Bertz CT molecular complexity index is 808. The van der Waals surface area contributed by atoms with Crippen molar-refractivity contribution >= 4 is 5.97 Å². The minimum atomic E-state index is -0.419. The Labute approximate surface area is 157 Å². The summed E-state index contributed by atoms with van der Waals surface area (Å²) in [6, 6.07) is 4.36. The van der Waals surface area contributed by atoms with Gasteiger partial charge in [0.2, 0.25) is 6.79 Å². The van der Waals surface area contributed by atoms with E-state index in [1.807, 2.05) is 0 Å². The fourth-order valence-electron chi connectivity index (χ4n) is 4.95. The van der Waals surface area contributed by atoms with Gasteiger partial charge in [0.15, 0.2) is 11.5 Å². The van der Waals surface area contributed by atoms with E-state index >= 15 is 0 Å². The lowest BCUT2D eigenvalue weighted by Gasteiger charge is -2.58. The van der Waals surface area contributed by atoms with E-state index < -0.39 is 5.41 Å². The van der Waals surface area contributed by atoms with E-state index in [9.17, 15) is 4.79 Å². The highest BCUT2D eigenvalue weighted by Gasteiger charge is 2.57. The average Bonchev–Trinajstić information content (AvgIpc) is 3.12. The molecule has 5 atom stereocenters. The van der Waals surface area contributed by atoms with Crippen molar-refractivity contribution in [2.75, 3.05) is 27.2 Å². The Morgan fingerprint density at radius 1 is 1.33 bits per heavy atom. The lowest BCUT2D eigenvalue weighted by atomic mass is 9.61. The summed E-state index contributed by atoms with van der Waals surface area (Å²) < 4.78 is 28.4. The Morgan fingerprint density at radius 2 is 2.15 bits per heavy atom. The average molecular weight is 373 g/mol. The van der Waals surface area contributed by atoms with E-state index in [1.54, 1.807) is 7.11 Å². The summed E-state index contributed by atoms with van der Waals surface area (Å²) in [4.78, 5) is 13.8. The molecule has 1 fully saturated rings. The summed E-state index contributed by atoms with van der Waals surface area (Å²) >= 11 is 0. The van der Waals surface area contributed by atoms with Crippen LogP contribution in [0.15, 0.2) is 24.3 Å². The molecule has 7 heteroatoms. The van der Waals surface area contributed by atoms with E-state index in [4.69, 9.17) is 23.7 Å². The van der Waals surface area contributed by atoms with Gasteiger partial charge in [0.05, 0.1) is 11.5 Å². The predicted molar refractivity (Wildman–Crippen MR) is 94.5 cm³/mol. The third-order valence-corrected chi connectivity index (χ3v) is 6.19. The van der Waals surface area contributed by atoms with Crippen molar-refractivity contribution in [1.29, 1.82) is 0 Å². The molecular formula is C20H23NO6. The van der Waals surface area contributed by atoms with Crippen molar-refractivity contribution in [1.82, 2.24) is 4.90 Å². The molecule has 0 aromatic heterocycles. The smallest absolute Gasteiger partial charge is 0.302 e. The summed E-state index contributed by atoms with van der Waals surface area (Å²) in [6.07, 6.45) is 4.95. The van der Waals surface area contributed by atoms with Crippen LogP contribution in [0.1, 0.15) is 24.5 Å². The third kappa shape index (κ3) is 2.49. The van der Waals surface area contributed by atoms with E-state index in [-0.39, 0.29) is 37.6 Å². The number of nitrogens with zero attached hydrogens (tertiary/aromatic N) is 1. The molecule has 1 aliphatic carbocycles. The van der Waals surface area contributed by atoms with Crippen LogP contribution in [0.3, 0.4) is 0 Å². The second-order valence-corrected chi connectivity index (χ2v) is 7.51. The molecule has 3 heterocycles. The normalized spacial score (nSPS) is 35.3. The number of benzene rings is 1. The summed E-state index contributed by atoms with van der Waals surface area (Å²) in [7, 11) is 1.74. The van der Waals surface area contributed by atoms with Crippen LogP contribution in [0.4, 0.5) is 0 Å². The first-order valence-electron chi connectivity index (χ1n) is 9.26. The molecule has 144 valence electrons. The fourth-order valence-corrected chi connectivity index (χ4v) is 4.95. The lowest BCUT2D eigenvalue weighted by molar-refractivity contribution is -0.180. The SMILES string of the molecule is CO[C@H]1C=C[C@]23c4cc5c(cc4CN(CO[C@@H]2COC(C)=O)[C@H]3C1)OCO5. The number of rotatable bonds is 3. The van der Waals surface area contributed by atoms with Crippen LogP contribution in [0.25, 0.3) is 0 Å². The van der Waals surface area contributed by atoms with Gasteiger partial charge >= 0.3 is 5.97 Å². The van der Waals surface area contributed by atoms with Crippen LogP contribution in [0.2, 0.25) is 0 Å². The van der Waals surface area contributed by atoms with E-state index in [0.29, 0.717) is 6.73 Å². The minimum Gasteiger partial charge on any atom is -0.463 e. The van der Waals surface area contributed by atoms with Crippen molar-refractivity contribution < 1.29 is 28.5 Å². The van der Waals surface area contributed by atoms with Gasteiger partial charge < -0.3 is 23.7 Å². The van der Waals surface area contributed by atoms with Crippen LogP contribution in [0, 0.1) is 0 Å². The summed E-state index contributed by atoms with van der Waals surface area (Å²) in [5, 5.41) is 0. The zero-order chi connectivity index (χ0) is 18.6. The molecule has 7 nitrogen and oxygen atoms in total. The van der Waals surface area contributed by atoms with Gasteiger partial charge in [-0.15, -0.1) is 0 Å². The largest absolute Gasteiger partial charge is 0.463 e. The van der Waals surface area contributed by atoms with Crippen molar-refractivity contribution in [3.05, 3.63) is 35.4 Å². The molecule has 0 N–H and O–H groups in total. The van der Waals surface area contributed by atoms with E-state index in [0.717, 1.165) is 30.0 Å². The van der Waals surface area contributed by atoms with Crippen LogP contribution in [-0.4, -0.2) is 56.4 Å². The number of esters is 1. The molecule has 2 bridgehead atoms. The van der Waals surface area contributed by atoms with Crippen LogP contribution < -0.4 is 9.47 Å². The monoisotopic (exact) mass is 373 g/mol.